The summed E-state index contributed by atoms with van der Waals surface area (Å²) < 4.78 is 5.99. The van der Waals surface area contributed by atoms with E-state index in [-0.39, 0.29) is 28.2 Å². The summed E-state index contributed by atoms with van der Waals surface area (Å²) >= 11 is 6.47. The van der Waals surface area contributed by atoms with Crippen LogP contribution in [0.2, 0.25) is 5.15 Å². The molecule has 8 heteroatoms. The second kappa shape index (κ2) is 5.58. The smallest absolute Gasteiger partial charge is 0.223 e. The van der Waals surface area contributed by atoms with Gasteiger partial charge in [0.15, 0.2) is 5.58 Å². The Balaban J connectivity index is 1.62. The number of aryl methyl sites for hydroxylation is 1. The third-order valence-corrected chi connectivity index (χ3v) is 7.14. The maximum absolute atomic E-state index is 10.4. The van der Waals surface area contributed by atoms with Crippen molar-refractivity contribution in [2.24, 2.45) is 11.3 Å². The van der Waals surface area contributed by atoms with Crippen molar-refractivity contribution in [2.75, 3.05) is 11.1 Å². The normalized spacial score (nSPS) is 31.2. The van der Waals surface area contributed by atoms with Gasteiger partial charge in [0.05, 0.1) is 17.9 Å². The van der Waals surface area contributed by atoms with Crippen molar-refractivity contribution in [3.05, 3.63) is 29.2 Å². The fourth-order valence-electron chi connectivity index (χ4n) is 4.88. The molecule has 2 aliphatic carbocycles. The van der Waals surface area contributed by atoms with Gasteiger partial charge in [0.25, 0.3) is 0 Å². The summed E-state index contributed by atoms with van der Waals surface area (Å²) in [6.07, 6.45) is 3.28. The summed E-state index contributed by atoms with van der Waals surface area (Å²) in [6.45, 7) is 6.16. The highest BCUT2D eigenvalue weighted by atomic mass is 35.5. The van der Waals surface area contributed by atoms with E-state index in [1.165, 1.54) is 0 Å². The lowest BCUT2D eigenvalue weighted by Gasteiger charge is -2.35. The highest BCUT2D eigenvalue weighted by Crippen LogP contribution is 2.68. The van der Waals surface area contributed by atoms with Gasteiger partial charge >= 0.3 is 0 Å². The standard InChI is InChI=1S/C20H22ClN5O2/c1-9-6-10-7-12(28-13(10)8-23-9)14-16(21)24-18(22)25-17(14)26-19(2)5-4-11-15(27)20(11,19)3/h6-8,11,15,27H,4-5H2,1-3H3,(H3,22,24,25,26). The number of aromatic nitrogens is 3. The maximum atomic E-state index is 10.4. The van der Waals surface area contributed by atoms with Crippen LogP contribution < -0.4 is 11.1 Å². The SMILES string of the molecule is Cc1cc2cc(-c3c(Cl)nc(N)nc3NC3(C)CCC4C(O)C43C)oc2cn1. The van der Waals surface area contributed by atoms with Crippen molar-refractivity contribution in [2.45, 2.75) is 45.3 Å². The molecule has 4 unspecified atom stereocenters. The predicted molar refractivity (Wildman–Crippen MR) is 108 cm³/mol. The van der Waals surface area contributed by atoms with Gasteiger partial charge in [-0.1, -0.05) is 18.5 Å². The summed E-state index contributed by atoms with van der Waals surface area (Å²) in [5.41, 5.74) is 7.48. The number of nitrogens with two attached hydrogens (primary N) is 1. The van der Waals surface area contributed by atoms with E-state index in [1.807, 2.05) is 19.1 Å². The van der Waals surface area contributed by atoms with Crippen molar-refractivity contribution >= 4 is 34.3 Å². The summed E-state index contributed by atoms with van der Waals surface area (Å²) in [5, 5.41) is 15.1. The molecule has 0 radical (unpaired) electrons. The number of nitrogens with zero attached hydrogens (tertiary/aromatic N) is 3. The summed E-state index contributed by atoms with van der Waals surface area (Å²) in [7, 11) is 0. The van der Waals surface area contributed by atoms with E-state index in [1.54, 1.807) is 6.20 Å². The second-order valence-electron chi connectivity index (χ2n) is 8.40. The molecular weight excluding hydrogens is 378 g/mol. The van der Waals surface area contributed by atoms with Crippen LogP contribution in [-0.2, 0) is 0 Å². The van der Waals surface area contributed by atoms with Crippen LogP contribution in [0.3, 0.4) is 0 Å². The van der Waals surface area contributed by atoms with Gasteiger partial charge in [-0.05, 0) is 44.7 Å². The molecule has 4 atom stereocenters. The van der Waals surface area contributed by atoms with Crippen LogP contribution in [0.5, 0.6) is 0 Å². The van der Waals surface area contributed by atoms with Gasteiger partial charge in [0.1, 0.15) is 16.7 Å². The number of anilines is 2. The third kappa shape index (κ3) is 2.29. The molecule has 0 bridgehead atoms. The lowest BCUT2D eigenvalue weighted by atomic mass is 9.84. The Kier molecular flexibility index (Phi) is 3.53. The molecule has 146 valence electrons. The first-order chi connectivity index (χ1) is 13.2. The first-order valence-corrected chi connectivity index (χ1v) is 9.76. The Bertz CT molecular complexity index is 1120. The zero-order valence-corrected chi connectivity index (χ0v) is 16.7. The minimum Gasteiger partial charge on any atom is -0.454 e. The van der Waals surface area contributed by atoms with E-state index >= 15 is 0 Å². The van der Waals surface area contributed by atoms with E-state index in [0.29, 0.717) is 28.6 Å². The van der Waals surface area contributed by atoms with Crippen molar-refractivity contribution in [3.8, 4) is 11.3 Å². The summed E-state index contributed by atoms with van der Waals surface area (Å²) in [5.74, 6) is 1.46. The quantitative estimate of drug-likeness (QED) is 0.574. The van der Waals surface area contributed by atoms with Crippen LogP contribution in [0.4, 0.5) is 11.8 Å². The number of hydrogen-bond acceptors (Lipinski definition) is 7. The number of aliphatic hydroxyl groups is 1. The zero-order chi connectivity index (χ0) is 19.8. The number of rotatable bonds is 3. The number of nitrogen functional groups attached to an aromatic ring is 1. The van der Waals surface area contributed by atoms with Crippen LogP contribution in [0, 0.1) is 18.3 Å². The Morgan fingerprint density at radius 1 is 1.32 bits per heavy atom. The van der Waals surface area contributed by atoms with Crippen molar-refractivity contribution in [1.82, 2.24) is 15.0 Å². The number of hydrogen-bond donors (Lipinski definition) is 3. The minimum absolute atomic E-state index is 0.0875. The van der Waals surface area contributed by atoms with Gasteiger partial charge in [-0.2, -0.15) is 4.98 Å². The van der Waals surface area contributed by atoms with Crippen molar-refractivity contribution in [1.29, 1.82) is 0 Å². The molecule has 5 rings (SSSR count). The van der Waals surface area contributed by atoms with Gasteiger partial charge in [-0.15, -0.1) is 0 Å². The first-order valence-electron chi connectivity index (χ1n) is 9.39. The Labute approximate surface area is 167 Å². The first kappa shape index (κ1) is 17.7. The molecule has 2 fully saturated rings. The van der Waals surface area contributed by atoms with E-state index < -0.39 is 0 Å². The second-order valence-corrected chi connectivity index (χ2v) is 8.76. The molecule has 0 aliphatic heterocycles. The van der Waals surface area contributed by atoms with Crippen LogP contribution in [0.1, 0.15) is 32.4 Å². The zero-order valence-electron chi connectivity index (χ0n) is 16.0. The molecule has 3 aromatic heterocycles. The summed E-state index contributed by atoms with van der Waals surface area (Å²) in [6, 6.07) is 3.86. The van der Waals surface area contributed by atoms with Gasteiger partial charge < -0.3 is 20.6 Å². The van der Waals surface area contributed by atoms with E-state index in [4.69, 9.17) is 21.8 Å². The lowest BCUT2D eigenvalue weighted by Crippen LogP contribution is -2.43. The number of nitrogens with one attached hydrogen (secondary N) is 1. The third-order valence-electron chi connectivity index (χ3n) is 6.86. The molecule has 0 amide bonds. The average Bonchev–Trinajstić information content (AvgIpc) is 2.91. The molecule has 3 aromatic rings. The molecule has 4 N–H and O–H groups in total. The van der Waals surface area contributed by atoms with Crippen LogP contribution in [-0.4, -0.2) is 31.7 Å². The Hall–Kier alpha value is -2.38. The van der Waals surface area contributed by atoms with Crippen LogP contribution >= 0.6 is 11.6 Å². The van der Waals surface area contributed by atoms with Gasteiger partial charge in [-0.3, -0.25) is 4.98 Å². The highest BCUT2D eigenvalue weighted by molar-refractivity contribution is 6.32. The Morgan fingerprint density at radius 3 is 2.82 bits per heavy atom. The largest absolute Gasteiger partial charge is 0.454 e. The van der Waals surface area contributed by atoms with E-state index in [9.17, 15) is 5.11 Å². The molecule has 7 nitrogen and oxygen atoms in total. The van der Waals surface area contributed by atoms with Gasteiger partial charge in [-0.25, -0.2) is 4.98 Å². The lowest BCUT2D eigenvalue weighted by molar-refractivity contribution is 0.172. The number of fused-ring (bicyclic) bond motifs is 2. The number of halogens is 1. The average molecular weight is 400 g/mol. The monoisotopic (exact) mass is 399 g/mol. The minimum atomic E-state index is -0.333. The van der Waals surface area contributed by atoms with Gasteiger partial charge in [0, 0.05) is 22.0 Å². The molecule has 0 aromatic carbocycles. The van der Waals surface area contributed by atoms with E-state index in [0.717, 1.165) is 23.9 Å². The number of pyridine rings is 1. The van der Waals surface area contributed by atoms with E-state index in [2.05, 4.69) is 34.1 Å². The maximum Gasteiger partial charge on any atom is 0.223 e. The Morgan fingerprint density at radius 2 is 2.11 bits per heavy atom. The fourth-order valence-corrected chi connectivity index (χ4v) is 5.15. The highest BCUT2D eigenvalue weighted by Gasteiger charge is 2.73. The topological polar surface area (TPSA) is 110 Å². The summed E-state index contributed by atoms with van der Waals surface area (Å²) in [4.78, 5) is 12.8. The molecule has 3 heterocycles. The molecule has 0 saturated heterocycles. The molecule has 2 aliphatic rings. The molecule has 2 saturated carbocycles. The predicted octanol–water partition coefficient (Wildman–Crippen LogP) is 3.79. The number of furan rings is 1. The van der Waals surface area contributed by atoms with Crippen molar-refractivity contribution < 1.29 is 9.52 Å². The van der Waals surface area contributed by atoms with Crippen LogP contribution in [0.25, 0.3) is 22.3 Å². The van der Waals surface area contributed by atoms with Crippen LogP contribution in [0.15, 0.2) is 22.7 Å². The molecular formula is C20H22ClN5O2. The molecule has 28 heavy (non-hydrogen) atoms. The van der Waals surface area contributed by atoms with Crippen molar-refractivity contribution in [3.63, 3.8) is 0 Å². The number of aliphatic hydroxyl groups excluding tert-OH is 1. The fraction of sp³-hybridized carbons (Fsp3) is 0.450. The molecule has 0 spiro atoms. The van der Waals surface area contributed by atoms with Gasteiger partial charge in [0.2, 0.25) is 5.95 Å².